The summed E-state index contributed by atoms with van der Waals surface area (Å²) in [6.45, 7) is 1.39. The molecule has 12 N–H and O–H groups in total. The van der Waals surface area contributed by atoms with Gasteiger partial charge in [0.2, 0.25) is 29.5 Å². The van der Waals surface area contributed by atoms with Gasteiger partial charge in [0.25, 0.3) is 0 Å². The quantitative estimate of drug-likeness (QED) is 0.0371. The monoisotopic (exact) mass is 703 g/mol. The van der Waals surface area contributed by atoms with Crippen molar-refractivity contribution >= 4 is 46.4 Å². The summed E-state index contributed by atoms with van der Waals surface area (Å²) < 4.78 is 13.7. The summed E-state index contributed by atoms with van der Waals surface area (Å²) in [5.41, 5.74) is 19.2. The van der Waals surface area contributed by atoms with Gasteiger partial charge in [0.15, 0.2) is 5.96 Å². The Kier molecular flexibility index (Phi) is 13.2. The highest BCUT2D eigenvalue weighted by Gasteiger charge is 2.31. The van der Waals surface area contributed by atoms with E-state index >= 15 is 0 Å². The number of hydrogen-bond donors (Lipinski definition) is 9. The minimum atomic E-state index is -1.29. The number of rotatable bonds is 18. The molecule has 0 aliphatic carbocycles. The maximum Gasteiger partial charge on any atom is 0.243 e. The van der Waals surface area contributed by atoms with Gasteiger partial charge in [0, 0.05) is 61.7 Å². The first-order chi connectivity index (χ1) is 24.4. The van der Waals surface area contributed by atoms with E-state index in [9.17, 15) is 28.4 Å². The van der Waals surface area contributed by atoms with E-state index < -0.39 is 59.5 Å². The number of imidazole rings is 1. The van der Waals surface area contributed by atoms with Gasteiger partial charge in [0.05, 0.1) is 6.33 Å². The summed E-state index contributed by atoms with van der Waals surface area (Å²) in [7, 11) is 0. The first-order valence-electron chi connectivity index (χ1n) is 16.2. The summed E-state index contributed by atoms with van der Waals surface area (Å²) in [5, 5.41) is 11.4. The van der Waals surface area contributed by atoms with Crippen LogP contribution in [0.4, 0.5) is 4.39 Å². The van der Waals surface area contributed by atoms with Crippen molar-refractivity contribution in [1.82, 2.24) is 36.2 Å². The molecular weight excluding hydrogens is 661 g/mol. The number of para-hydroxylation sites is 1. The number of nitrogens with two attached hydrogens (primary N) is 3. The minimum absolute atomic E-state index is 0.0387. The van der Waals surface area contributed by atoms with Gasteiger partial charge in [0.1, 0.15) is 30.0 Å². The number of nitrogens with one attached hydrogen (secondary N) is 6. The van der Waals surface area contributed by atoms with Crippen molar-refractivity contribution < 1.29 is 28.4 Å². The lowest BCUT2D eigenvalue weighted by Crippen LogP contribution is -2.59. The highest BCUT2D eigenvalue weighted by molar-refractivity contribution is 5.96. The van der Waals surface area contributed by atoms with Gasteiger partial charge < -0.3 is 48.4 Å². The van der Waals surface area contributed by atoms with Crippen molar-refractivity contribution in [3.8, 4) is 0 Å². The number of aromatic amines is 2. The van der Waals surface area contributed by atoms with E-state index in [-0.39, 0.29) is 44.6 Å². The van der Waals surface area contributed by atoms with Crippen LogP contribution in [0.1, 0.15) is 36.6 Å². The van der Waals surface area contributed by atoms with Crippen LogP contribution in [0.3, 0.4) is 0 Å². The Labute approximate surface area is 292 Å². The second-order valence-corrected chi connectivity index (χ2v) is 12.0. The fourth-order valence-electron chi connectivity index (χ4n) is 5.47. The number of aliphatic imine (C=N–C) groups is 1. The van der Waals surface area contributed by atoms with E-state index in [0.29, 0.717) is 11.3 Å². The molecule has 0 spiro atoms. The van der Waals surface area contributed by atoms with Crippen molar-refractivity contribution in [2.24, 2.45) is 22.2 Å². The molecule has 0 aliphatic heterocycles. The minimum Gasteiger partial charge on any atom is -0.370 e. The summed E-state index contributed by atoms with van der Waals surface area (Å²) in [6, 6.07) is 8.04. The number of halogens is 1. The van der Waals surface area contributed by atoms with Crippen LogP contribution in [-0.4, -0.2) is 81.2 Å². The number of carbonyl (C=O) groups excluding carboxylic acids is 5. The molecule has 4 aromatic rings. The first-order valence-corrected chi connectivity index (χ1v) is 16.2. The van der Waals surface area contributed by atoms with Crippen LogP contribution in [0.2, 0.25) is 0 Å². The third-order valence-electron chi connectivity index (χ3n) is 8.00. The molecule has 51 heavy (non-hydrogen) atoms. The molecule has 5 amide bonds. The Hall–Kier alpha value is -6.26. The summed E-state index contributed by atoms with van der Waals surface area (Å²) in [6.07, 6.45) is 4.95. The maximum absolute atomic E-state index is 13.9. The average Bonchev–Trinajstić information content (AvgIpc) is 3.75. The Morgan fingerprint density at radius 3 is 2.10 bits per heavy atom. The standard InChI is InChI=1S/C34H42FN11O5/c1-19(47)43-29(15-23-17-39-18-42-23)33(51)46-28(13-20-8-10-22(35)11-9-20)32(50)44-26(7-4-12-40-34(37)38)31(49)45-27(30(36)48)14-21-16-41-25-6-3-2-5-24(21)25/h2-3,5-6,8-11,16-18,26-29,41H,4,7,12-15H2,1H3,(H2,36,48)(H,39,42)(H,43,47)(H,44,50)(H,45,49)(H,46,51)(H4,37,38,40)/t26-,27-,28+,29-/m0/s1. The van der Waals surface area contributed by atoms with Crippen LogP contribution >= 0.6 is 0 Å². The van der Waals surface area contributed by atoms with Crippen LogP contribution in [0.25, 0.3) is 10.9 Å². The number of fused-ring (bicyclic) bond motifs is 1. The second-order valence-electron chi connectivity index (χ2n) is 12.0. The Balaban J connectivity index is 1.57. The lowest BCUT2D eigenvalue weighted by Gasteiger charge is -2.26. The predicted octanol–water partition coefficient (Wildman–Crippen LogP) is -0.444. The van der Waals surface area contributed by atoms with Crippen molar-refractivity contribution in [3.05, 3.63) is 89.9 Å². The zero-order valence-electron chi connectivity index (χ0n) is 27.9. The molecule has 4 rings (SSSR count). The van der Waals surface area contributed by atoms with Crippen LogP contribution in [-0.2, 0) is 43.2 Å². The molecule has 2 heterocycles. The molecule has 0 aliphatic rings. The summed E-state index contributed by atoms with van der Waals surface area (Å²) in [4.78, 5) is 79.6. The Morgan fingerprint density at radius 2 is 1.45 bits per heavy atom. The van der Waals surface area contributed by atoms with E-state index in [2.05, 4.69) is 41.2 Å². The van der Waals surface area contributed by atoms with E-state index in [0.717, 1.165) is 16.5 Å². The highest BCUT2D eigenvalue weighted by atomic mass is 19.1. The molecule has 0 radical (unpaired) electrons. The van der Waals surface area contributed by atoms with Crippen LogP contribution in [0.15, 0.2) is 72.2 Å². The average molecular weight is 704 g/mol. The van der Waals surface area contributed by atoms with E-state index in [1.807, 2.05) is 24.3 Å². The number of carbonyl (C=O) groups is 5. The van der Waals surface area contributed by atoms with Gasteiger partial charge in [-0.15, -0.1) is 0 Å². The van der Waals surface area contributed by atoms with Crippen LogP contribution < -0.4 is 38.5 Å². The van der Waals surface area contributed by atoms with Gasteiger partial charge in [-0.1, -0.05) is 30.3 Å². The molecule has 0 bridgehead atoms. The third kappa shape index (κ3) is 11.4. The fourth-order valence-corrected chi connectivity index (χ4v) is 5.47. The fraction of sp³-hybridized carbons (Fsp3) is 0.324. The van der Waals surface area contributed by atoms with Crippen molar-refractivity contribution in [3.63, 3.8) is 0 Å². The topological polar surface area (TPSA) is 268 Å². The molecule has 0 fully saturated rings. The lowest BCUT2D eigenvalue weighted by atomic mass is 10.0. The Bertz CT molecular complexity index is 1840. The number of nitrogens with zero attached hydrogens (tertiary/aromatic N) is 2. The molecule has 0 unspecified atom stereocenters. The van der Waals surface area contributed by atoms with Gasteiger partial charge in [-0.05, 0) is 42.2 Å². The van der Waals surface area contributed by atoms with Gasteiger partial charge >= 0.3 is 0 Å². The number of primary amides is 1. The SMILES string of the molecule is CC(=O)N[C@@H](Cc1cnc[nH]1)C(=O)N[C@H](Cc1ccc(F)cc1)C(=O)N[C@@H](CCCN=C(N)N)C(=O)N[C@@H](Cc1c[nH]c2ccccc12)C(N)=O. The molecule has 2 aromatic carbocycles. The number of guanidine groups is 1. The Morgan fingerprint density at radius 1 is 0.804 bits per heavy atom. The molecule has 17 heteroatoms. The van der Waals surface area contributed by atoms with Crippen molar-refractivity contribution in [1.29, 1.82) is 0 Å². The molecular formula is C34H42FN11O5. The number of H-pyrrole nitrogens is 2. The maximum atomic E-state index is 13.9. The molecule has 0 saturated carbocycles. The first kappa shape index (κ1) is 37.6. The largest absolute Gasteiger partial charge is 0.370 e. The van der Waals surface area contributed by atoms with Crippen molar-refractivity contribution in [2.45, 2.75) is 63.2 Å². The third-order valence-corrected chi connectivity index (χ3v) is 8.00. The van der Waals surface area contributed by atoms with Gasteiger partial charge in [-0.3, -0.25) is 29.0 Å². The van der Waals surface area contributed by atoms with E-state index in [4.69, 9.17) is 17.2 Å². The van der Waals surface area contributed by atoms with Gasteiger partial charge in [-0.25, -0.2) is 9.37 Å². The zero-order valence-corrected chi connectivity index (χ0v) is 27.9. The number of amides is 5. The number of hydrogen-bond acceptors (Lipinski definition) is 7. The molecule has 0 saturated heterocycles. The smallest absolute Gasteiger partial charge is 0.243 e. The molecule has 4 atom stereocenters. The van der Waals surface area contributed by atoms with Crippen molar-refractivity contribution in [2.75, 3.05) is 6.54 Å². The summed E-state index contributed by atoms with van der Waals surface area (Å²) >= 11 is 0. The number of benzene rings is 2. The second kappa shape index (κ2) is 17.9. The molecule has 270 valence electrons. The van der Waals surface area contributed by atoms with E-state index in [1.165, 1.54) is 43.7 Å². The van der Waals surface area contributed by atoms with E-state index in [1.54, 1.807) is 6.20 Å². The molecule has 16 nitrogen and oxygen atoms in total. The summed E-state index contributed by atoms with van der Waals surface area (Å²) in [5.74, 6) is -4.08. The van der Waals surface area contributed by atoms with Gasteiger partial charge in [-0.2, -0.15) is 0 Å². The number of aromatic nitrogens is 3. The predicted molar refractivity (Wildman–Crippen MR) is 187 cm³/mol. The lowest BCUT2D eigenvalue weighted by molar-refractivity contribution is -0.134. The zero-order chi connectivity index (χ0) is 36.9. The van der Waals surface area contributed by atoms with Crippen LogP contribution in [0, 0.1) is 5.82 Å². The molecule has 2 aromatic heterocycles. The van der Waals surface area contributed by atoms with Crippen LogP contribution in [0.5, 0.6) is 0 Å². The normalized spacial score (nSPS) is 13.3. The highest BCUT2D eigenvalue weighted by Crippen LogP contribution is 2.19.